The predicted molar refractivity (Wildman–Crippen MR) is 61.3 cm³/mol. The molecular weight excluding hydrogens is 218 g/mol. The van der Waals surface area contributed by atoms with Crippen molar-refractivity contribution in [1.29, 1.82) is 0 Å². The first-order valence-corrected chi connectivity index (χ1v) is 6.13. The van der Waals surface area contributed by atoms with Gasteiger partial charge in [-0.3, -0.25) is 4.79 Å². The second kappa shape index (κ2) is 3.84. The molecule has 1 saturated carbocycles. The van der Waals surface area contributed by atoms with E-state index in [1.54, 1.807) is 13.0 Å². The molecule has 2 aliphatic rings. The van der Waals surface area contributed by atoms with Crippen LogP contribution in [0.1, 0.15) is 29.1 Å². The fourth-order valence-electron chi connectivity index (χ4n) is 3.10. The smallest absolute Gasteiger partial charge is 0.276 e. The van der Waals surface area contributed by atoms with Crippen LogP contribution in [0.5, 0.6) is 0 Å². The van der Waals surface area contributed by atoms with Crippen LogP contribution in [-0.2, 0) is 0 Å². The van der Waals surface area contributed by atoms with E-state index in [1.807, 2.05) is 4.90 Å². The maximum absolute atomic E-state index is 12.2. The zero-order valence-corrected chi connectivity index (χ0v) is 9.93. The molecule has 0 aromatic carbocycles. The molecule has 0 spiro atoms. The lowest BCUT2D eigenvalue weighted by molar-refractivity contribution is 0.0769. The first-order chi connectivity index (χ1) is 8.15. The van der Waals surface area contributed by atoms with Gasteiger partial charge in [0.2, 0.25) is 0 Å². The third-order valence-corrected chi connectivity index (χ3v) is 4.05. The number of rotatable bonds is 1. The summed E-state index contributed by atoms with van der Waals surface area (Å²) in [4.78, 5) is 14.0. The number of carbonyl (C=O) groups is 1. The molecule has 5 heteroatoms. The topological polar surface area (TPSA) is 72.4 Å². The molecule has 92 valence electrons. The van der Waals surface area contributed by atoms with Crippen molar-refractivity contribution in [3.05, 3.63) is 17.5 Å². The highest BCUT2D eigenvalue weighted by atomic mass is 16.5. The van der Waals surface area contributed by atoms with Gasteiger partial charge >= 0.3 is 0 Å². The Morgan fingerprint density at radius 3 is 3.00 bits per heavy atom. The Labute approximate surface area is 99.9 Å². The fraction of sp³-hybridized carbons (Fsp3) is 0.667. The second-order valence-electron chi connectivity index (χ2n) is 5.20. The van der Waals surface area contributed by atoms with Crippen molar-refractivity contribution in [3.8, 4) is 0 Å². The summed E-state index contributed by atoms with van der Waals surface area (Å²) in [5, 5.41) is 3.78. The molecule has 1 aromatic heterocycles. The van der Waals surface area contributed by atoms with E-state index in [9.17, 15) is 4.79 Å². The van der Waals surface area contributed by atoms with Crippen LogP contribution in [0.15, 0.2) is 10.6 Å². The van der Waals surface area contributed by atoms with Crippen LogP contribution in [0.25, 0.3) is 0 Å². The lowest BCUT2D eigenvalue weighted by Crippen LogP contribution is -2.33. The molecule has 2 N–H and O–H groups in total. The summed E-state index contributed by atoms with van der Waals surface area (Å²) in [6, 6.07) is 1.95. The molecule has 0 radical (unpaired) electrons. The summed E-state index contributed by atoms with van der Waals surface area (Å²) in [5.41, 5.74) is 6.47. The molecule has 2 heterocycles. The van der Waals surface area contributed by atoms with E-state index < -0.39 is 0 Å². The maximum Gasteiger partial charge on any atom is 0.276 e. The van der Waals surface area contributed by atoms with Gasteiger partial charge in [-0.2, -0.15) is 0 Å². The Kier molecular flexibility index (Phi) is 2.43. The van der Waals surface area contributed by atoms with Crippen LogP contribution >= 0.6 is 0 Å². The average molecular weight is 235 g/mol. The largest absolute Gasteiger partial charge is 0.361 e. The first-order valence-electron chi connectivity index (χ1n) is 6.13. The van der Waals surface area contributed by atoms with Crippen molar-refractivity contribution in [3.63, 3.8) is 0 Å². The molecule has 1 aliphatic heterocycles. The van der Waals surface area contributed by atoms with Crippen LogP contribution in [0.3, 0.4) is 0 Å². The second-order valence-corrected chi connectivity index (χ2v) is 5.20. The molecule has 1 aromatic rings. The fourth-order valence-corrected chi connectivity index (χ4v) is 3.10. The lowest BCUT2D eigenvalue weighted by Gasteiger charge is -2.17. The predicted octanol–water partition coefficient (Wildman–Crippen LogP) is 0.792. The van der Waals surface area contributed by atoms with Gasteiger partial charge in [-0.1, -0.05) is 5.16 Å². The molecular formula is C12H17N3O2. The Balaban J connectivity index is 1.73. The highest BCUT2D eigenvalue weighted by Crippen LogP contribution is 2.37. The van der Waals surface area contributed by atoms with Gasteiger partial charge in [0.25, 0.3) is 5.91 Å². The minimum atomic E-state index is -0.0246. The van der Waals surface area contributed by atoms with Crippen LogP contribution in [-0.4, -0.2) is 35.1 Å². The number of carbonyl (C=O) groups excluding carboxylic acids is 1. The molecule has 2 fully saturated rings. The van der Waals surface area contributed by atoms with Gasteiger partial charge in [0.1, 0.15) is 5.76 Å². The third kappa shape index (κ3) is 1.74. The highest BCUT2D eigenvalue weighted by Gasteiger charge is 2.42. The van der Waals surface area contributed by atoms with Gasteiger partial charge in [-0.05, 0) is 31.6 Å². The third-order valence-electron chi connectivity index (χ3n) is 4.05. The molecule has 3 rings (SSSR count). The van der Waals surface area contributed by atoms with E-state index in [2.05, 4.69) is 5.16 Å². The Hall–Kier alpha value is -1.36. The van der Waals surface area contributed by atoms with Gasteiger partial charge in [0.05, 0.1) is 0 Å². The van der Waals surface area contributed by atoms with E-state index in [1.165, 1.54) is 0 Å². The lowest BCUT2D eigenvalue weighted by atomic mass is 9.98. The SMILES string of the molecule is Cc1cc(C(=O)N2C[C@@H]3CC[C@H](N)[C@H]3C2)no1. The standard InChI is InChI=1S/C12H17N3O2/c1-7-4-11(14-17-7)12(16)15-5-8-2-3-10(13)9(8)6-15/h4,8-10H,2-3,5-6,13H2,1H3/t8-,9-,10-/m0/s1. The number of aromatic nitrogens is 1. The summed E-state index contributed by atoms with van der Waals surface area (Å²) in [6.45, 7) is 3.39. The van der Waals surface area contributed by atoms with Crippen LogP contribution in [0.2, 0.25) is 0 Å². The minimum absolute atomic E-state index is 0.0246. The number of aryl methyl sites for hydroxylation is 1. The van der Waals surface area contributed by atoms with Gasteiger partial charge in [0.15, 0.2) is 5.69 Å². The summed E-state index contributed by atoms with van der Waals surface area (Å²) in [7, 11) is 0. The molecule has 1 amide bonds. The summed E-state index contributed by atoms with van der Waals surface area (Å²) in [6.07, 6.45) is 2.24. The molecule has 1 aliphatic carbocycles. The molecule has 17 heavy (non-hydrogen) atoms. The number of nitrogens with two attached hydrogens (primary N) is 1. The number of hydrogen-bond acceptors (Lipinski definition) is 4. The van der Waals surface area contributed by atoms with Crippen molar-refractivity contribution in [2.75, 3.05) is 13.1 Å². The van der Waals surface area contributed by atoms with E-state index in [0.717, 1.165) is 25.9 Å². The Morgan fingerprint density at radius 1 is 1.53 bits per heavy atom. The number of hydrogen-bond donors (Lipinski definition) is 1. The molecule has 1 saturated heterocycles. The van der Waals surface area contributed by atoms with Crippen molar-refractivity contribution in [2.24, 2.45) is 17.6 Å². The van der Waals surface area contributed by atoms with Crippen LogP contribution in [0.4, 0.5) is 0 Å². The number of likely N-dealkylation sites (tertiary alicyclic amines) is 1. The molecule has 0 unspecified atom stereocenters. The average Bonchev–Trinajstić information content (AvgIpc) is 2.96. The zero-order chi connectivity index (χ0) is 12.0. The van der Waals surface area contributed by atoms with Crippen molar-refractivity contribution in [2.45, 2.75) is 25.8 Å². The molecule has 3 atom stereocenters. The van der Waals surface area contributed by atoms with Crippen LogP contribution in [0, 0.1) is 18.8 Å². The Bertz CT molecular complexity index is 443. The monoisotopic (exact) mass is 235 g/mol. The van der Waals surface area contributed by atoms with Crippen molar-refractivity contribution in [1.82, 2.24) is 10.1 Å². The quantitative estimate of drug-likeness (QED) is 0.781. The first kappa shape index (κ1) is 10.8. The van der Waals surface area contributed by atoms with E-state index in [0.29, 0.717) is 23.3 Å². The van der Waals surface area contributed by atoms with Crippen LogP contribution < -0.4 is 5.73 Å². The molecule has 0 bridgehead atoms. The molecule has 5 nitrogen and oxygen atoms in total. The van der Waals surface area contributed by atoms with Gasteiger partial charge in [-0.25, -0.2) is 0 Å². The summed E-state index contributed by atoms with van der Waals surface area (Å²) in [5.74, 6) is 1.71. The maximum atomic E-state index is 12.2. The number of amides is 1. The van der Waals surface area contributed by atoms with Gasteiger partial charge in [-0.15, -0.1) is 0 Å². The highest BCUT2D eigenvalue weighted by molar-refractivity contribution is 5.92. The van der Waals surface area contributed by atoms with E-state index in [-0.39, 0.29) is 11.9 Å². The summed E-state index contributed by atoms with van der Waals surface area (Å²) < 4.78 is 4.94. The van der Waals surface area contributed by atoms with E-state index in [4.69, 9.17) is 10.3 Å². The Morgan fingerprint density at radius 2 is 2.35 bits per heavy atom. The summed E-state index contributed by atoms with van der Waals surface area (Å²) >= 11 is 0. The normalized spacial score (nSPS) is 31.9. The van der Waals surface area contributed by atoms with Gasteiger partial charge in [0, 0.05) is 25.2 Å². The van der Waals surface area contributed by atoms with Crippen molar-refractivity contribution >= 4 is 5.91 Å². The number of nitrogens with zero attached hydrogens (tertiary/aromatic N) is 2. The number of fused-ring (bicyclic) bond motifs is 1. The zero-order valence-electron chi connectivity index (χ0n) is 9.93. The van der Waals surface area contributed by atoms with E-state index >= 15 is 0 Å². The van der Waals surface area contributed by atoms with Crippen molar-refractivity contribution < 1.29 is 9.32 Å². The minimum Gasteiger partial charge on any atom is -0.361 e. The van der Waals surface area contributed by atoms with Gasteiger partial charge < -0.3 is 15.2 Å².